The zero-order valence-electron chi connectivity index (χ0n) is 11.2. The molecule has 0 aliphatic carbocycles. The van der Waals surface area contributed by atoms with Crippen LogP contribution in [0.3, 0.4) is 0 Å². The molecule has 0 amide bonds. The van der Waals surface area contributed by atoms with Gasteiger partial charge in [-0.25, -0.2) is 4.39 Å². The maximum Gasteiger partial charge on any atom is 0.127 e. The molecule has 2 rings (SSSR count). The highest BCUT2D eigenvalue weighted by atomic mass is 19.1. The summed E-state index contributed by atoms with van der Waals surface area (Å²) in [5.41, 5.74) is 0.747. The Morgan fingerprint density at radius 2 is 1.89 bits per heavy atom. The molecule has 1 aromatic carbocycles. The van der Waals surface area contributed by atoms with Gasteiger partial charge in [0.1, 0.15) is 5.82 Å². The first kappa shape index (κ1) is 13.5. The SMILES string of the molecule is CC(NC(C)C1CCOCC1)c1ccccc1F. The topological polar surface area (TPSA) is 21.3 Å². The van der Waals surface area contributed by atoms with Crippen LogP contribution in [0.5, 0.6) is 0 Å². The Labute approximate surface area is 109 Å². The van der Waals surface area contributed by atoms with Crippen LogP contribution >= 0.6 is 0 Å². The fourth-order valence-electron chi connectivity index (χ4n) is 2.66. The second-order valence-electron chi connectivity index (χ2n) is 5.15. The highest BCUT2D eigenvalue weighted by Crippen LogP contribution is 2.22. The quantitative estimate of drug-likeness (QED) is 0.886. The Hall–Kier alpha value is -0.930. The summed E-state index contributed by atoms with van der Waals surface area (Å²) >= 11 is 0. The van der Waals surface area contributed by atoms with Crippen LogP contribution in [-0.4, -0.2) is 19.3 Å². The lowest BCUT2D eigenvalue weighted by atomic mass is 9.92. The summed E-state index contributed by atoms with van der Waals surface area (Å²) in [5.74, 6) is 0.504. The molecule has 1 aliphatic rings. The van der Waals surface area contributed by atoms with Crippen molar-refractivity contribution in [1.29, 1.82) is 0 Å². The summed E-state index contributed by atoms with van der Waals surface area (Å²) in [6, 6.07) is 7.42. The molecular weight excluding hydrogens is 229 g/mol. The number of rotatable bonds is 4. The fraction of sp³-hybridized carbons (Fsp3) is 0.600. The van der Waals surface area contributed by atoms with Crippen molar-refractivity contribution in [3.8, 4) is 0 Å². The third-order valence-electron chi connectivity index (χ3n) is 3.86. The van der Waals surface area contributed by atoms with E-state index < -0.39 is 0 Å². The van der Waals surface area contributed by atoms with Gasteiger partial charge in [-0.05, 0) is 38.7 Å². The molecule has 1 N–H and O–H groups in total. The van der Waals surface area contributed by atoms with E-state index in [-0.39, 0.29) is 11.9 Å². The van der Waals surface area contributed by atoms with Crippen molar-refractivity contribution in [2.45, 2.75) is 38.8 Å². The molecule has 1 aliphatic heterocycles. The van der Waals surface area contributed by atoms with Gasteiger partial charge in [0.15, 0.2) is 0 Å². The van der Waals surface area contributed by atoms with Gasteiger partial charge in [0.25, 0.3) is 0 Å². The summed E-state index contributed by atoms with van der Waals surface area (Å²) in [6.07, 6.45) is 2.19. The van der Waals surface area contributed by atoms with Crippen molar-refractivity contribution in [2.75, 3.05) is 13.2 Å². The first-order valence-electron chi connectivity index (χ1n) is 6.76. The van der Waals surface area contributed by atoms with Crippen LogP contribution in [0.4, 0.5) is 4.39 Å². The number of ether oxygens (including phenoxy) is 1. The van der Waals surface area contributed by atoms with Crippen molar-refractivity contribution in [3.05, 3.63) is 35.6 Å². The average molecular weight is 251 g/mol. The minimum atomic E-state index is -0.128. The summed E-state index contributed by atoms with van der Waals surface area (Å²) in [4.78, 5) is 0. The van der Waals surface area contributed by atoms with Crippen molar-refractivity contribution < 1.29 is 9.13 Å². The Balaban J connectivity index is 1.94. The number of benzene rings is 1. The van der Waals surface area contributed by atoms with Crippen LogP contribution in [0.1, 0.15) is 38.3 Å². The van der Waals surface area contributed by atoms with Gasteiger partial charge >= 0.3 is 0 Å². The smallest absolute Gasteiger partial charge is 0.127 e. The molecule has 1 heterocycles. The first-order chi connectivity index (χ1) is 8.68. The molecule has 3 heteroatoms. The van der Waals surface area contributed by atoms with Crippen molar-refractivity contribution in [1.82, 2.24) is 5.32 Å². The van der Waals surface area contributed by atoms with Crippen LogP contribution in [0, 0.1) is 11.7 Å². The Morgan fingerprint density at radius 3 is 2.56 bits per heavy atom. The minimum absolute atomic E-state index is 0.0454. The molecule has 0 bridgehead atoms. The van der Waals surface area contributed by atoms with E-state index in [9.17, 15) is 4.39 Å². The van der Waals surface area contributed by atoms with Gasteiger partial charge in [0.2, 0.25) is 0 Å². The minimum Gasteiger partial charge on any atom is -0.381 e. The fourth-order valence-corrected chi connectivity index (χ4v) is 2.66. The van der Waals surface area contributed by atoms with E-state index >= 15 is 0 Å². The maximum atomic E-state index is 13.7. The zero-order valence-corrected chi connectivity index (χ0v) is 11.2. The number of nitrogens with one attached hydrogen (secondary N) is 1. The highest BCUT2D eigenvalue weighted by molar-refractivity contribution is 5.20. The molecule has 1 fully saturated rings. The lowest BCUT2D eigenvalue weighted by Crippen LogP contribution is -2.38. The molecule has 0 spiro atoms. The van der Waals surface area contributed by atoms with E-state index in [1.54, 1.807) is 6.07 Å². The maximum absolute atomic E-state index is 13.7. The second-order valence-corrected chi connectivity index (χ2v) is 5.15. The molecule has 1 aromatic rings. The third-order valence-corrected chi connectivity index (χ3v) is 3.86. The van der Waals surface area contributed by atoms with Crippen LogP contribution in [0.2, 0.25) is 0 Å². The van der Waals surface area contributed by atoms with Gasteiger partial charge in [0.05, 0.1) is 0 Å². The monoisotopic (exact) mass is 251 g/mol. The molecule has 0 saturated carbocycles. The summed E-state index contributed by atoms with van der Waals surface area (Å²) in [7, 11) is 0. The first-order valence-corrected chi connectivity index (χ1v) is 6.76. The zero-order chi connectivity index (χ0) is 13.0. The second kappa shape index (κ2) is 6.30. The van der Waals surface area contributed by atoms with E-state index in [0.29, 0.717) is 12.0 Å². The van der Waals surface area contributed by atoms with Crippen molar-refractivity contribution in [3.63, 3.8) is 0 Å². The van der Waals surface area contributed by atoms with E-state index in [4.69, 9.17) is 4.74 Å². The predicted molar refractivity (Wildman–Crippen MR) is 71.0 cm³/mol. The molecule has 18 heavy (non-hydrogen) atoms. The molecule has 2 nitrogen and oxygen atoms in total. The lowest BCUT2D eigenvalue weighted by molar-refractivity contribution is 0.0546. The van der Waals surface area contributed by atoms with Crippen LogP contribution < -0.4 is 5.32 Å². The lowest BCUT2D eigenvalue weighted by Gasteiger charge is -2.31. The van der Waals surface area contributed by atoms with Gasteiger partial charge < -0.3 is 10.1 Å². The predicted octanol–water partition coefficient (Wildman–Crippen LogP) is 3.29. The van der Waals surface area contributed by atoms with E-state index in [0.717, 1.165) is 31.6 Å². The number of halogens is 1. The summed E-state index contributed by atoms with van der Waals surface area (Å²) in [6.45, 7) is 5.91. The van der Waals surface area contributed by atoms with E-state index in [1.165, 1.54) is 6.07 Å². The van der Waals surface area contributed by atoms with Crippen LogP contribution in [0.15, 0.2) is 24.3 Å². The summed E-state index contributed by atoms with van der Waals surface area (Å²) in [5, 5.41) is 3.51. The Morgan fingerprint density at radius 1 is 1.22 bits per heavy atom. The normalized spacial score (nSPS) is 20.6. The van der Waals surface area contributed by atoms with Gasteiger partial charge in [0, 0.05) is 30.9 Å². The third kappa shape index (κ3) is 3.30. The van der Waals surface area contributed by atoms with Gasteiger partial charge in [-0.15, -0.1) is 0 Å². The number of hydrogen-bond donors (Lipinski definition) is 1. The highest BCUT2D eigenvalue weighted by Gasteiger charge is 2.22. The standard InChI is InChI=1S/C15H22FNO/c1-11(13-7-9-18-10-8-13)17-12(2)14-5-3-4-6-15(14)16/h3-6,11-13,17H,7-10H2,1-2H3. The summed E-state index contributed by atoms with van der Waals surface area (Å²) < 4.78 is 19.0. The Bertz CT molecular complexity index is 377. The molecule has 0 aromatic heterocycles. The van der Waals surface area contributed by atoms with Crippen molar-refractivity contribution >= 4 is 0 Å². The van der Waals surface area contributed by atoms with Gasteiger partial charge in [-0.1, -0.05) is 18.2 Å². The van der Waals surface area contributed by atoms with Gasteiger partial charge in [-0.3, -0.25) is 0 Å². The molecule has 100 valence electrons. The van der Waals surface area contributed by atoms with E-state index in [1.807, 2.05) is 19.1 Å². The van der Waals surface area contributed by atoms with Crippen LogP contribution in [0.25, 0.3) is 0 Å². The molecule has 1 saturated heterocycles. The Kier molecular flexibility index (Phi) is 4.72. The van der Waals surface area contributed by atoms with E-state index in [2.05, 4.69) is 12.2 Å². The average Bonchev–Trinajstić information content (AvgIpc) is 2.40. The molecule has 2 unspecified atom stereocenters. The van der Waals surface area contributed by atoms with Crippen molar-refractivity contribution in [2.24, 2.45) is 5.92 Å². The van der Waals surface area contributed by atoms with Crippen LogP contribution in [-0.2, 0) is 4.74 Å². The molecule has 2 atom stereocenters. The molecule has 0 radical (unpaired) electrons. The number of hydrogen-bond acceptors (Lipinski definition) is 2. The van der Waals surface area contributed by atoms with Gasteiger partial charge in [-0.2, -0.15) is 0 Å². The molecular formula is C15H22FNO. The largest absolute Gasteiger partial charge is 0.381 e.